The van der Waals surface area contributed by atoms with Crippen molar-refractivity contribution < 1.29 is 31.2 Å². The zero-order chi connectivity index (χ0) is 34.6. The fourth-order valence-corrected chi connectivity index (χ4v) is 6.96. The van der Waals surface area contributed by atoms with Crippen LogP contribution in [0.4, 0.5) is 11.4 Å². The van der Waals surface area contributed by atoms with E-state index in [1.807, 2.05) is 0 Å². The number of hydrogen-bond donors (Lipinski definition) is 4. The summed E-state index contributed by atoms with van der Waals surface area (Å²) < 4.78 is 65.4. The van der Waals surface area contributed by atoms with E-state index in [1.54, 1.807) is 62.5 Å². The number of rotatable bonds is 10. The van der Waals surface area contributed by atoms with Crippen LogP contribution in [0.2, 0.25) is 0 Å². The number of benzene rings is 4. The molecule has 0 saturated carbocycles. The molecule has 0 fully saturated rings. The first-order valence-corrected chi connectivity index (χ1v) is 17.1. The lowest BCUT2D eigenvalue weighted by atomic mass is 10.2. The predicted molar refractivity (Wildman–Crippen MR) is 178 cm³/mol. The number of ether oxygens (including phenoxy) is 1. The van der Waals surface area contributed by atoms with Crippen LogP contribution in [0.15, 0.2) is 118 Å². The quantitative estimate of drug-likeness (QED) is 0.161. The van der Waals surface area contributed by atoms with Crippen LogP contribution in [0.1, 0.15) is 26.4 Å². The second-order valence-electron chi connectivity index (χ2n) is 10.3. The van der Waals surface area contributed by atoms with Crippen molar-refractivity contribution in [1.82, 2.24) is 20.2 Å². The number of anilines is 2. The molecule has 48 heavy (non-hydrogen) atoms. The maximum absolute atomic E-state index is 13.3. The number of sulfonamides is 2. The lowest BCUT2D eigenvalue weighted by Gasteiger charge is -2.13. The fourth-order valence-electron chi connectivity index (χ4n) is 4.68. The third-order valence-corrected chi connectivity index (χ3v) is 9.96. The molecule has 4 N–H and O–H groups in total. The number of nitrogens with one attached hydrogen (secondary N) is 4. The molecule has 0 spiro atoms. The van der Waals surface area contributed by atoms with Crippen LogP contribution in [0.3, 0.4) is 0 Å². The summed E-state index contributed by atoms with van der Waals surface area (Å²) in [6.07, 6.45) is 0. The number of carbonyl (C=O) groups excluding carboxylic acids is 2. The molecule has 1 heterocycles. The van der Waals surface area contributed by atoms with E-state index in [1.165, 1.54) is 58.9 Å². The Morgan fingerprint density at radius 2 is 1.21 bits per heavy atom. The van der Waals surface area contributed by atoms with Crippen molar-refractivity contribution in [3.63, 3.8) is 0 Å². The Labute approximate surface area is 276 Å². The lowest BCUT2D eigenvalue weighted by Crippen LogP contribution is -2.41. The van der Waals surface area contributed by atoms with Crippen LogP contribution in [-0.4, -0.2) is 45.1 Å². The lowest BCUT2D eigenvalue weighted by molar-refractivity contribution is 0.0846. The normalized spacial score (nSPS) is 11.4. The molecular weight excluding hydrogens is 661 g/mol. The fraction of sp³-hybridized carbons (Fsp3) is 0.0938. The van der Waals surface area contributed by atoms with Crippen LogP contribution in [-0.2, 0) is 27.1 Å². The average Bonchev–Trinajstić information content (AvgIpc) is 3.29. The first-order valence-electron chi connectivity index (χ1n) is 14.2. The SMILES string of the molecule is COc1ccccc1NS(=O)(=O)c1cccc(C(=O)NNC(=O)c2cccc(S(=O)(=O)Nc3c(C)n(C)n(-c4ccccc4)c3=O)c2)c1. The standard InChI is InChI=1S/C32H30N6O8S2/c1-21-29(32(41)38(37(21)2)24-13-5-4-6-14-24)36-48(44,45)26-16-10-12-23(20-26)31(40)34-33-30(39)22-11-9-15-25(19-22)47(42,43)35-27-17-7-8-18-28(27)46-3/h4-20,35-36H,1-3H3,(H,33,39)(H,34,40). The highest BCUT2D eigenvalue weighted by molar-refractivity contribution is 7.93. The molecule has 0 aliphatic rings. The number of aromatic nitrogens is 2. The van der Waals surface area contributed by atoms with Gasteiger partial charge in [-0.1, -0.05) is 42.5 Å². The minimum atomic E-state index is -4.33. The molecular formula is C32H30N6O8S2. The Morgan fingerprint density at radius 1 is 0.688 bits per heavy atom. The zero-order valence-corrected chi connectivity index (χ0v) is 27.4. The van der Waals surface area contributed by atoms with Crippen molar-refractivity contribution in [3.8, 4) is 11.4 Å². The summed E-state index contributed by atoms with van der Waals surface area (Å²) in [5, 5.41) is 0. The molecule has 0 atom stereocenters. The number of methoxy groups -OCH3 is 1. The number of para-hydroxylation sites is 3. The predicted octanol–water partition coefficient (Wildman–Crippen LogP) is 3.17. The molecule has 2 amide bonds. The van der Waals surface area contributed by atoms with Gasteiger partial charge < -0.3 is 4.74 Å². The number of hydrazine groups is 1. The minimum absolute atomic E-state index is 0.0851. The van der Waals surface area contributed by atoms with Gasteiger partial charge in [-0.3, -0.25) is 39.4 Å². The van der Waals surface area contributed by atoms with E-state index in [4.69, 9.17) is 4.74 Å². The van der Waals surface area contributed by atoms with E-state index in [0.717, 1.165) is 12.1 Å². The number of hydrogen-bond acceptors (Lipinski definition) is 8. The van der Waals surface area contributed by atoms with Crippen LogP contribution in [0.25, 0.3) is 5.69 Å². The van der Waals surface area contributed by atoms with Crippen molar-refractivity contribution >= 4 is 43.2 Å². The van der Waals surface area contributed by atoms with Gasteiger partial charge in [-0.15, -0.1) is 0 Å². The number of amides is 2. The van der Waals surface area contributed by atoms with Gasteiger partial charge >= 0.3 is 0 Å². The van der Waals surface area contributed by atoms with Gasteiger partial charge in [-0.05, 0) is 67.6 Å². The molecule has 14 nitrogen and oxygen atoms in total. The van der Waals surface area contributed by atoms with Gasteiger partial charge in [0, 0.05) is 18.2 Å². The Morgan fingerprint density at radius 3 is 1.77 bits per heavy atom. The van der Waals surface area contributed by atoms with Gasteiger partial charge in [-0.2, -0.15) is 0 Å². The van der Waals surface area contributed by atoms with Crippen LogP contribution in [0, 0.1) is 6.92 Å². The maximum atomic E-state index is 13.3. The van der Waals surface area contributed by atoms with E-state index < -0.39 is 37.4 Å². The van der Waals surface area contributed by atoms with E-state index in [-0.39, 0.29) is 32.3 Å². The average molecular weight is 691 g/mol. The molecule has 5 rings (SSSR count). The van der Waals surface area contributed by atoms with Crippen LogP contribution < -0.4 is 30.6 Å². The van der Waals surface area contributed by atoms with E-state index in [0.29, 0.717) is 17.1 Å². The summed E-state index contributed by atoms with van der Waals surface area (Å²) >= 11 is 0. The second-order valence-corrected chi connectivity index (χ2v) is 13.7. The van der Waals surface area contributed by atoms with Crippen LogP contribution >= 0.6 is 0 Å². The molecule has 0 bridgehead atoms. The Balaban J connectivity index is 1.28. The molecule has 0 unspecified atom stereocenters. The largest absolute Gasteiger partial charge is 0.495 e. The van der Waals surface area contributed by atoms with Gasteiger partial charge in [0.25, 0.3) is 37.4 Å². The van der Waals surface area contributed by atoms with Crippen molar-refractivity contribution in [1.29, 1.82) is 0 Å². The molecule has 0 saturated heterocycles. The van der Waals surface area contributed by atoms with Crippen molar-refractivity contribution in [3.05, 3.63) is 130 Å². The summed E-state index contributed by atoms with van der Waals surface area (Å²) in [4.78, 5) is 38.4. The Bertz CT molecular complexity index is 2300. The highest BCUT2D eigenvalue weighted by Crippen LogP contribution is 2.26. The van der Waals surface area contributed by atoms with Crippen molar-refractivity contribution in [2.45, 2.75) is 16.7 Å². The van der Waals surface area contributed by atoms with Crippen molar-refractivity contribution in [2.24, 2.45) is 7.05 Å². The summed E-state index contributed by atoms with van der Waals surface area (Å²) in [6.45, 7) is 1.59. The molecule has 0 aliphatic carbocycles. The first kappa shape index (κ1) is 33.5. The molecule has 4 aromatic carbocycles. The third kappa shape index (κ3) is 6.93. The zero-order valence-electron chi connectivity index (χ0n) is 25.8. The highest BCUT2D eigenvalue weighted by Gasteiger charge is 2.24. The van der Waals surface area contributed by atoms with Gasteiger partial charge in [0.2, 0.25) is 0 Å². The van der Waals surface area contributed by atoms with Crippen molar-refractivity contribution in [2.75, 3.05) is 16.6 Å². The van der Waals surface area contributed by atoms with Gasteiger partial charge in [0.15, 0.2) is 0 Å². The van der Waals surface area contributed by atoms with Gasteiger partial charge in [0.1, 0.15) is 11.4 Å². The molecule has 0 radical (unpaired) electrons. The van der Waals surface area contributed by atoms with Gasteiger partial charge in [0.05, 0.1) is 34.0 Å². The minimum Gasteiger partial charge on any atom is -0.495 e. The highest BCUT2D eigenvalue weighted by atomic mass is 32.2. The summed E-state index contributed by atoms with van der Waals surface area (Å²) in [5.74, 6) is -1.39. The molecule has 248 valence electrons. The summed E-state index contributed by atoms with van der Waals surface area (Å²) in [5.41, 5.74) is 4.53. The number of carbonyl (C=O) groups is 2. The maximum Gasteiger partial charge on any atom is 0.296 e. The Hall–Kier alpha value is -5.87. The summed E-state index contributed by atoms with van der Waals surface area (Å²) in [6, 6.07) is 25.2. The number of nitrogens with zero attached hydrogens (tertiary/aromatic N) is 2. The monoisotopic (exact) mass is 690 g/mol. The van der Waals surface area contributed by atoms with Crippen LogP contribution in [0.5, 0.6) is 5.75 Å². The molecule has 0 aliphatic heterocycles. The van der Waals surface area contributed by atoms with E-state index >= 15 is 0 Å². The molecule has 16 heteroatoms. The third-order valence-electron chi connectivity index (χ3n) is 7.24. The van der Waals surface area contributed by atoms with E-state index in [9.17, 15) is 31.2 Å². The smallest absolute Gasteiger partial charge is 0.296 e. The second kappa shape index (κ2) is 13.5. The van der Waals surface area contributed by atoms with E-state index in [2.05, 4.69) is 20.3 Å². The molecule has 5 aromatic rings. The molecule has 1 aromatic heterocycles. The summed E-state index contributed by atoms with van der Waals surface area (Å²) in [7, 11) is -5.44. The Kier molecular flexibility index (Phi) is 9.40. The topological polar surface area (TPSA) is 187 Å². The first-order chi connectivity index (χ1) is 22.8. The van der Waals surface area contributed by atoms with Gasteiger partial charge in [-0.25, -0.2) is 21.5 Å².